The van der Waals surface area contributed by atoms with Crippen molar-refractivity contribution in [3.05, 3.63) is 0 Å². The first-order valence-electron chi connectivity index (χ1n) is 30.0. The molecule has 0 heteroatoms. The van der Waals surface area contributed by atoms with Gasteiger partial charge in [-0.25, -0.2) is 0 Å². The third-order valence-electron chi connectivity index (χ3n) is 15.0. The fourth-order valence-electron chi connectivity index (χ4n) is 3.75. The molecule has 0 spiro atoms. The summed E-state index contributed by atoms with van der Waals surface area (Å²) in [6.07, 6.45) is 90.0. The maximum absolute atomic E-state index is 1.50. The van der Waals surface area contributed by atoms with Crippen LogP contribution in [-0.4, -0.2) is 0 Å². The maximum atomic E-state index is 1.50. The summed E-state index contributed by atoms with van der Waals surface area (Å²) in [7, 11) is 0. The van der Waals surface area contributed by atoms with Crippen LogP contribution in [-0.2, 0) is 0 Å². The predicted octanol–water partition coefficient (Wildman–Crippen LogP) is 23.4. The van der Waals surface area contributed by atoms with Crippen molar-refractivity contribution in [2.75, 3.05) is 0 Å². The van der Waals surface area contributed by atoms with E-state index in [1.165, 1.54) is 385 Å². The van der Waals surface area contributed by atoms with E-state index in [2.05, 4.69) is 0 Å². The van der Waals surface area contributed by atoms with Crippen LogP contribution in [0.15, 0.2) is 0 Å². The lowest BCUT2D eigenvalue weighted by Gasteiger charge is -2.05. The molecular weight excluding hydrogens is 721 g/mol. The molecule has 60 heavy (non-hydrogen) atoms. The van der Waals surface area contributed by atoms with Crippen molar-refractivity contribution >= 4 is 0 Å². The molecule has 15 fully saturated rings. The molecule has 0 saturated heterocycles. The van der Waals surface area contributed by atoms with Gasteiger partial charge in [0, 0.05) is 0 Å². The highest BCUT2D eigenvalue weighted by Gasteiger charge is 2.00. The largest absolute Gasteiger partial charge is 0.0533 e. The van der Waals surface area contributed by atoms with E-state index in [4.69, 9.17) is 0 Å². The monoisotopic (exact) mass is 841 g/mol. The number of hydrogen-bond donors (Lipinski definition) is 0. The van der Waals surface area contributed by atoms with E-state index in [0.29, 0.717) is 0 Å². The standard InChI is InChI=1S/15C4H8/c15*1-2-4-3-1/h15*1-4H2. The topological polar surface area (TPSA) is 0 Å². The van der Waals surface area contributed by atoms with Gasteiger partial charge in [-0.1, -0.05) is 385 Å². The highest BCUT2D eigenvalue weighted by molar-refractivity contribution is 4.56. The van der Waals surface area contributed by atoms with Crippen LogP contribution >= 0.6 is 0 Å². The smallest absolute Gasteiger partial charge is 0.0533 e. The van der Waals surface area contributed by atoms with E-state index < -0.39 is 0 Å². The van der Waals surface area contributed by atoms with Gasteiger partial charge in [0.25, 0.3) is 0 Å². The van der Waals surface area contributed by atoms with Gasteiger partial charge in [0.1, 0.15) is 0 Å². The van der Waals surface area contributed by atoms with Gasteiger partial charge >= 0.3 is 0 Å². The molecule has 360 valence electrons. The Labute approximate surface area is 383 Å². The van der Waals surface area contributed by atoms with Crippen LogP contribution in [0.2, 0.25) is 0 Å². The fraction of sp³-hybridized carbons (Fsp3) is 1.00. The summed E-state index contributed by atoms with van der Waals surface area (Å²) in [5.41, 5.74) is 0. The summed E-state index contributed by atoms with van der Waals surface area (Å²) in [5.74, 6) is 0. The molecule has 0 unspecified atom stereocenters. The Morgan fingerprint density at radius 3 is 0.0500 bits per heavy atom. The van der Waals surface area contributed by atoms with Crippen LogP contribution < -0.4 is 0 Å². The molecule has 0 atom stereocenters. The predicted molar refractivity (Wildman–Crippen MR) is 277 cm³/mol. The molecule has 0 aliphatic heterocycles. The lowest BCUT2D eigenvalue weighted by atomic mass is 10.0. The fourth-order valence-corrected chi connectivity index (χ4v) is 3.75. The van der Waals surface area contributed by atoms with E-state index in [1.54, 1.807) is 0 Å². The van der Waals surface area contributed by atoms with Crippen molar-refractivity contribution in [1.29, 1.82) is 0 Å². The Hall–Kier alpha value is 0. The second kappa shape index (κ2) is 55.1. The molecule has 15 aliphatic rings. The van der Waals surface area contributed by atoms with Crippen molar-refractivity contribution in [2.45, 2.75) is 385 Å². The molecule has 0 aromatic rings. The van der Waals surface area contributed by atoms with Crippen LogP contribution in [0.3, 0.4) is 0 Å². The Morgan fingerprint density at radius 1 is 0.0333 bits per heavy atom. The molecule has 0 heterocycles. The first-order valence-corrected chi connectivity index (χ1v) is 30.0. The lowest BCUT2D eigenvalue weighted by Crippen LogP contribution is -1.85. The number of rotatable bonds is 0. The van der Waals surface area contributed by atoms with Gasteiger partial charge in [0.2, 0.25) is 0 Å². The van der Waals surface area contributed by atoms with Gasteiger partial charge in [0.05, 0.1) is 0 Å². The van der Waals surface area contributed by atoms with Gasteiger partial charge in [-0.05, 0) is 0 Å². The van der Waals surface area contributed by atoms with Crippen LogP contribution in [0.25, 0.3) is 0 Å². The average molecular weight is 842 g/mol. The summed E-state index contributed by atoms with van der Waals surface area (Å²) < 4.78 is 0. The molecule has 0 amide bonds. The van der Waals surface area contributed by atoms with Crippen molar-refractivity contribution in [3.63, 3.8) is 0 Å². The summed E-state index contributed by atoms with van der Waals surface area (Å²) >= 11 is 0. The maximum Gasteiger partial charge on any atom is -0.0533 e. The first kappa shape index (κ1) is 58.0. The Morgan fingerprint density at radius 2 is 0.0500 bits per heavy atom. The molecule has 0 bridgehead atoms. The third-order valence-corrected chi connectivity index (χ3v) is 15.0. The van der Waals surface area contributed by atoms with E-state index in [0.717, 1.165) is 0 Å². The Kier molecular flexibility index (Phi) is 53.3. The lowest BCUT2D eigenvalue weighted by molar-refractivity contribution is 0.504. The molecule has 15 saturated carbocycles. The van der Waals surface area contributed by atoms with E-state index in [-0.39, 0.29) is 0 Å². The van der Waals surface area contributed by atoms with Gasteiger partial charge in [0.15, 0.2) is 0 Å². The van der Waals surface area contributed by atoms with Gasteiger partial charge < -0.3 is 0 Å². The zero-order chi connectivity index (χ0) is 42.4. The first-order chi connectivity index (χ1) is 30.0. The number of hydrogen-bond acceptors (Lipinski definition) is 0. The Balaban J connectivity index is 0.000000321. The molecule has 0 aromatic heterocycles. The van der Waals surface area contributed by atoms with Crippen LogP contribution in [0.4, 0.5) is 0 Å². The van der Waals surface area contributed by atoms with Crippen molar-refractivity contribution in [2.24, 2.45) is 0 Å². The summed E-state index contributed by atoms with van der Waals surface area (Å²) in [6.45, 7) is 0. The summed E-state index contributed by atoms with van der Waals surface area (Å²) in [5, 5.41) is 0. The molecule has 15 aliphatic carbocycles. The van der Waals surface area contributed by atoms with E-state index >= 15 is 0 Å². The van der Waals surface area contributed by atoms with Crippen LogP contribution in [0.1, 0.15) is 385 Å². The highest BCUT2D eigenvalue weighted by Crippen LogP contribution is 2.20. The third kappa shape index (κ3) is 52.3. The average Bonchev–Trinajstić information content (AvgIpc) is 2.65. The van der Waals surface area contributed by atoms with Crippen LogP contribution in [0, 0.1) is 0 Å². The molecular formula is C60H120. The van der Waals surface area contributed by atoms with Crippen molar-refractivity contribution in [1.82, 2.24) is 0 Å². The zero-order valence-electron chi connectivity index (χ0n) is 42.4. The van der Waals surface area contributed by atoms with Gasteiger partial charge in [-0.15, -0.1) is 0 Å². The second-order valence-electron chi connectivity index (χ2n) is 21.2. The van der Waals surface area contributed by atoms with Crippen molar-refractivity contribution in [3.8, 4) is 0 Å². The van der Waals surface area contributed by atoms with E-state index in [9.17, 15) is 0 Å². The minimum absolute atomic E-state index is 1.50. The van der Waals surface area contributed by atoms with E-state index in [1.807, 2.05) is 0 Å². The summed E-state index contributed by atoms with van der Waals surface area (Å²) in [4.78, 5) is 0. The zero-order valence-corrected chi connectivity index (χ0v) is 42.4. The molecule has 0 aromatic carbocycles. The quantitative estimate of drug-likeness (QED) is 0.228. The second-order valence-corrected chi connectivity index (χ2v) is 21.2. The minimum Gasteiger partial charge on any atom is -0.0533 e. The van der Waals surface area contributed by atoms with Crippen LogP contribution in [0.5, 0.6) is 0 Å². The normalized spacial score (nSPS) is 24.0. The highest BCUT2D eigenvalue weighted by atomic mass is 14.1. The summed E-state index contributed by atoms with van der Waals surface area (Å²) in [6, 6.07) is 0. The molecule has 15 rings (SSSR count). The minimum atomic E-state index is 1.50. The van der Waals surface area contributed by atoms with Gasteiger partial charge in [-0.2, -0.15) is 0 Å². The van der Waals surface area contributed by atoms with Crippen molar-refractivity contribution < 1.29 is 0 Å². The SMILES string of the molecule is C1CCC1.C1CCC1.C1CCC1.C1CCC1.C1CCC1.C1CCC1.C1CCC1.C1CCC1.C1CCC1.C1CCC1.C1CCC1.C1CCC1.C1CCC1.C1CCC1.C1CCC1. The molecule has 0 nitrogen and oxygen atoms in total. The Bertz CT molecular complexity index is 354. The molecule has 0 N–H and O–H groups in total. The molecule has 0 radical (unpaired) electrons. The van der Waals surface area contributed by atoms with Gasteiger partial charge in [-0.3, -0.25) is 0 Å².